The number of benzene rings is 2. The van der Waals surface area contributed by atoms with Crippen molar-refractivity contribution < 1.29 is 12.8 Å². The molecule has 6 heteroatoms. The summed E-state index contributed by atoms with van der Waals surface area (Å²) in [5.74, 6) is -0.689. The number of hydrogen-bond donors (Lipinski definition) is 1. The molecule has 20 heavy (non-hydrogen) atoms. The first kappa shape index (κ1) is 14.6. The first-order chi connectivity index (χ1) is 9.46. The van der Waals surface area contributed by atoms with Crippen molar-refractivity contribution in [1.82, 2.24) is 0 Å². The number of anilines is 1. The van der Waals surface area contributed by atoms with E-state index in [1.54, 1.807) is 24.3 Å². The van der Waals surface area contributed by atoms with Gasteiger partial charge in [0.15, 0.2) is 0 Å². The smallest absolute Gasteiger partial charge is 0.255 e. The molecule has 0 bridgehead atoms. The highest BCUT2D eigenvalue weighted by atomic mass is 35.5. The summed E-state index contributed by atoms with van der Waals surface area (Å²) >= 11 is 5.70. The molecular weight excluding hydrogens is 301 g/mol. The van der Waals surface area contributed by atoms with Gasteiger partial charge in [0.2, 0.25) is 0 Å². The van der Waals surface area contributed by atoms with Gasteiger partial charge < -0.3 is 0 Å². The molecule has 104 valence electrons. The van der Waals surface area contributed by atoms with Crippen LogP contribution in [0.2, 0.25) is 5.02 Å². The highest BCUT2D eigenvalue weighted by Crippen LogP contribution is 2.21. The van der Waals surface area contributed by atoms with Crippen LogP contribution in [0.3, 0.4) is 0 Å². The maximum Gasteiger partial charge on any atom is 0.255 e. The van der Waals surface area contributed by atoms with Gasteiger partial charge in [0, 0.05) is 5.02 Å². The van der Waals surface area contributed by atoms with Crippen LogP contribution in [-0.4, -0.2) is 8.42 Å². The predicted molar refractivity (Wildman–Crippen MR) is 79.4 cm³/mol. The van der Waals surface area contributed by atoms with E-state index in [-0.39, 0.29) is 10.7 Å². The summed E-state index contributed by atoms with van der Waals surface area (Å²) in [5, 5.41) is 1.22. The van der Waals surface area contributed by atoms with Crippen molar-refractivity contribution in [2.75, 3.05) is 4.72 Å². The molecule has 0 amide bonds. The summed E-state index contributed by atoms with van der Waals surface area (Å²) in [6, 6.07) is 12.6. The maximum absolute atomic E-state index is 13.5. The van der Waals surface area contributed by atoms with Crippen molar-refractivity contribution >= 4 is 33.4 Å². The van der Waals surface area contributed by atoms with Crippen molar-refractivity contribution in [2.24, 2.45) is 0 Å². The van der Waals surface area contributed by atoms with Crippen molar-refractivity contribution in [3.8, 4) is 0 Å². The Kier molecular flexibility index (Phi) is 4.42. The van der Waals surface area contributed by atoms with E-state index in [1.807, 2.05) is 6.07 Å². The lowest BCUT2D eigenvalue weighted by Crippen LogP contribution is -2.10. The zero-order valence-electron chi connectivity index (χ0n) is 10.3. The molecule has 0 aliphatic carbocycles. The summed E-state index contributed by atoms with van der Waals surface area (Å²) in [4.78, 5) is 0. The Labute approximate surface area is 121 Å². The van der Waals surface area contributed by atoms with Crippen LogP contribution in [0.25, 0.3) is 6.08 Å². The van der Waals surface area contributed by atoms with E-state index in [4.69, 9.17) is 11.6 Å². The number of sulfonamides is 1. The summed E-state index contributed by atoms with van der Waals surface area (Å²) in [6.45, 7) is 0. The van der Waals surface area contributed by atoms with E-state index < -0.39 is 15.8 Å². The van der Waals surface area contributed by atoms with Crippen LogP contribution in [-0.2, 0) is 10.0 Å². The van der Waals surface area contributed by atoms with E-state index in [1.165, 1.54) is 18.2 Å². The molecule has 0 aromatic heterocycles. The van der Waals surface area contributed by atoms with Crippen LogP contribution < -0.4 is 4.72 Å². The molecule has 0 radical (unpaired) electrons. The fraction of sp³-hybridized carbons (Fsp3) is 0. The minimum Gasteiger partial charge on any atom is -0.277 e. The van der Waals surface area contributed by atoms with Crippen LogP contribution in [0.1, 0.15) is 5.56 Å². The van der Waals surface area contributed by atoms with Crippen molar-refractivity contribution in [1.29, 1.82) is 0 Å². The lowest BCUT2D eigenvalue weighted by Gasteiger charge is -2.06. The van der Waals surface area contributed by atoms with Crippen LogP contribution in [0.4, 0.5) is 10.1 Å². The highest BCUT2D eigenvalue weighted by molar-refractivity contribution is 7.95. The molecule has 3 nitrogen and oxygen atoms in total. The summed E-state index contributed by atoms with van der Waals surface area (Å²) < 4.78 is 39.2. The monoisotopic (exact) mass is 311 g/mol. The molecule has 0 heterocycles. The maximum atomic E-state index is 13.5. The van der Waals surface area contributed by atoms with E-state index >= 15 is 0 Å². The van der Waals surface area contributed by atoms with Crippen LogP contribution in [0.5, 0.6) is 0 Å². The van der Waals surface area contributed by atoms with Crippen molar-refractivity contribution in [2.45, 2.75) is 0 Å². The average molecular weight is 312 g/mol. The molecule has 0 fully saturated rings. The Morgan fingerprint density at radius 1 is 1.10 bits per heavy atom. The minimum absolute atomic E-state index is 0.185. The van der Waals surface area contributed by atoms with Gasteiger partial charge in [-0.3, -0.25) is 4.72 Å². The van der Waals surface area contributed by atoms with Crippen LogP contribution in [0.15, 0.2) is 53.9 Å². The molecule has 0 unspecified atom stereocenters. The van der Waals surface area contributed by atoms with E-state index in [9.17, 15) is 12.8 Å². The standard InChI is InChI=1S/C14H11ClFNO2S/c15-12-6-7-13(16)14(10-12)17-20(18,19)9-8-11-4-2-1-3-5-11/h1-10,17H/b9-8+. The summed E-state index contributed by atoms with van der Waals surface area (Å²) in [7, 11) is -3.80. The molecule has 2 rings (SSSR count). The third-order valence-corrected chi connectivity index (χ3v) is 3.65. The molecule has 0 aliphatic rings. The molecule has 1 N–H and O–H groups in total. The molecule has 2 aromatic rings. The average Bonchev–Trinajstić information content (AvgIpc) is 2.42. The number of nitrogens with one attached hydrogen (secondary N) is 1. The Morgan fingerprint density at radius 2 is 1.80 bits per heavy atom. The fourth-order valence-corrected chi connectivity index (χ4v) is 2.53. The topological polar surface area (TPSA) is 46.2 Å². The Bertz CT molecular complexity index is 730. The molecule has 0 saturated heterocycles. The Morgan fingerprint density at radius 3 is 2.50 bits per heavy atom. The number of halogens is 2. The van der Waals surface area contributed by atoms with Gasteiger partial charge >= 0.3 is 0 Å². The van der Waals surface area contributed by atoms with E-state index in [2.05, 4.69) is 4.72 Å². The summed E-state index contributed by atoms with van der Waals surface area (Å²) in [5.41, 5.74) is 0.541. The second-order valence-corrected chi connectivity index (χ2v) is 5.99. The van der Waals surface area contributed by atoms with Gasteiger partial charge in [-0.25, -0.2) is 12.8 Å². The molecular formula is C14H11ClFNO2S. The van der Waals surface area contributed by atoms with Crippen LogP contribution >= 0.6 is 11.6 Å². The van der Waals surface area contributed by atoms with Gasteiger partial charge in [-0.05, 0) is 29.8 Å². The highest BCUT2D eigenvalue weighted by Gasteiger charge is 2.10. The third-order valence-electron chi connectivity index (χ3n) is 2.42. The van der Waals surface area contributed by atoms with Gasteiger partial charge in [-0.15, -0.1) is 0 Å². The first-order valence-corrected chi connectivity index (χ1v) is 7.60. The van der Waals surface area contributed by atoms with E-state index in [0.29, 0.717) is 0 Å². The van der Waals surface area contributed by atoms with E-state index in [0.717, 1.165) is 17.0 Å². The Hall–Kier alpha value is -1.85. The zero-order chi connectivity index (χ0) is 14.6. The zero-order valence-corrected chi connectivity index (χ0v) is 11.8. The first-order valence-electron chi connectivity index (χ1n) is 5.67. The van der Waals surface area contributed by atoms with Gasteiger partial charge in [0.25, 0.3) is 10.0 Å². The largest absolute Gasteiger partial charge is 0.277 e. The quantitative estimate of drug-likeness (QED) is 0.931. The second-order valence-electron chi connectivity index (χ2n) is 3.98. The molecule has 2 aromatic carbocycles. The molecule has 0 spiro atoms. The van der Waals surface area contributed by atoms with Gasteiger partial charge in [0.05, 0.1) is 11.1 Å². The van der Waals surface area contributed by atoms with Gasteiger partial charge in [-0.2, -0.15) is 0 Å². The molecule has 0 atom stereocenters. The number of rotatable bonds is 4. The lowest BCUT2D eigenvalue weighted by molar-refractivity contribution is 0.606. The molecule has 0 aliphatic heterocycles. The third kappa shape index (κ3) is 4.08. The van der Waals surface area contributed by atoms with Crippen molar-refractivity contribution in [3.05, 3.63) is 70.3 Å². The summed E-state index contributed by atoms with van der Waals surface area (Å²) in [6.07, 6.45) is 1.42. The second kappa shape index (κ2) is 6.07. The van der Waals surface area contributed by atoms with Gasteiger partial charge in [0.1, 0.15) is 5.82 Å². The predicted octanol–water partition coefficient (Wildman–Crippen LogP) is 3.89. The minimum atomic E-state index is -3.80. The van der Waals surface area contributed by atoms with Crippen molar-refractivity contribution in [3.63, 3.8) is 0 Å². The van der Waals surface area contributed by atoms with Crippen LogP contribution in [0, 0.1) is 5.82 Å². The van der Waals surface area contributed by atoms with Gasteiger partial charge in [-0.1, -0.05) is 41.9 Å². The fourth-order valence-electron chi connectivity index (χ4n) is 1.50. The number of hydrogen-bond acceptors (Lipinski definition) is 2. The lowest BCUT2D eigenvalue weighted by atomic mass is 10.2. The SMILES string of the molecule is O=S(=O)(/C=C/c1ccccc1)Nc1cc(Cl)ccc1F. The normalized spacial score (nSPS) is 11.7. The Balaban J connectivity index is 2.19. The molecule has 0 saturated carbocycles.